The highest BCUT2D eigenvalue weighted by Crippen LogP contribution is 2.24. The summed E-state index contributed by atoms with van der Waals surface area (Å²) < 4.78 is 23.0. The summed E-state index contributed by atoms with van der Waals surface area (Å²) in [6, 6.07) is 18.9. The van der Waals surface area contributed by atoms with E-state index in [-0.39, 0.29) is 0 Å². The number of hydrogen-bond donors (Lipinski definition) is 0. The molecule has 0 fully saturated rings. The van der Waals surface area contributed by atoms with E-state index in [4.69, 9.17) is 18.9 Å². The summed E-state index contributed by atoms with van der Waals surface area (Å²) in [5, 5.41) is 0. The van der Waals surface area contributed by atoms with Crippen molar-refractivity contribution in [2.75, 3.05) is 13.2 Å². The molecule has 0 radical (unpaired) electrons. The zero-order chi connectivity index (χ0) is 39.9. The van der Waals surface area contributed by atoms with Crippen LogP contribution >= 0.6 is 0 Å². The summed E-state index contributed by atoms with van der Waals surface area (Å²) in [6.07, 6.45) is 33.0. The maximum absolute atomic E-state index is 13.1. The van der Waals surface area contributed by atoms with Crippen molar-refractivity contribution in [2.45, 2.75) is 168 Å². The Morgan fingerprint density at radius 2 is 0.786 bits per heavy atom. The van der Waals surface area contributed by atoms with Gasteiger partial charge in [0, 0.05) is 0 Å². The zero-order valence-corrected chi connectivity index (χ0v) is 35.0. The van der Waals surface area contributed by atoms with E-state index < -0.39 is 11.9 Å². The number of carbonyl (C=O) groups is 2. The first-order chi connectivity index (χ1) is 27.5. The smallest absolute Gasteiger partial charge is 0.344 e. The lowest BCUT2D eigenvalue weighted by Gasteiger charge is -2.11. The molecule has 0 spiro atoms. The minimum absolute atomic E-state index is 0.304. The lowest BCUT2D eigenvalue weighted by molar-refractivity contribution is 0.0720. The van der Waals surface area contributed by atoms with E-state index in [1.54, 1.807) is 42.5 Å². The summed E-state index contributed by atoms with van der Waals surface area (Å²) in [5.74, 6) is 1.26. The predicted octanol–water partition coefficient (Wildman–Crippen LogP) is 14.9. The van der Waals surface area contributed by atoms with Gasteiger partial charge in [0.2, 0.25) is 0 Å². The van der Waals surface area contributed by atoms with Gasteiger partial charge in [-0.05, 0) is 85.1 Å². The van der Waals surface area contributed by atoms with E-state index >= 15 is 0 Å². The van der Waals surface area contributed by atoms with Crippen LogP contribution in [0.3, 0.4) is 0 Å². The highest BCUT2D eigenvalue weighted by Gasteiger charge is 2.17. The van der Waals surface area contributed by atoms with Crippen molar-refractivity contribution < 1.29 is 28.5 Å². The summed E-state index contributed by atoms with van der Waals surface area (Å²) in [7, 11) is 0. The van der Waals surface area contributed by atoms with Crippen LogP contribution < -0.4 is 18.9 Å². The normalized spacial score (nSPS) is 11.0. The topological polar surface area (TPSA) is 71.1 Å². The molecule has 56 heavy (non-hydrogen) atoms. The van der Waals surface area contributed by atoms with E-state index in [0.717, 1.165) is 24.3 Å². The number of carbonyl (C=O) groups excluding carboxylic acids is 2. The van der Waals surface area contributed by atoms with Gasteiger partial charge in [-0.3, -0.25) is 0 Å². The van der Waals surface area contributed by atoms with Crippen molar-refractivity contribution in [3.63, 3.8) is 0 Å². The lowest BCUT2D eigenvalue weighted by Crippen LogP contribution is -2.13. The van der Waals surface area contributed by atoms with Gasteiger partial charge in [-0.1, -0.05) is 168 Å². The summed E-state index contributed by atoms with van der Waals surface area (Å²) in [5.41, 5.74) is 1.09. The van der Waals surface area contributed by atoms with E-state index in [2.05, 4.69) is 20.4 Å². The monoisotopic (exact) mass is 769 g/mol. The molecule has 0 atom stereocenters. The van der Waals surface area contributed by atoms with Crippen LogP contribution in [0.4, 0.5) is 0 Å². The number of rotatable bonds is 33. The van der Waals surface area contributed by atoms with Crippen LogP contribution in [0.15, 0.2) is 73.3 Å². The van der Waals surface area contributed by atoms with Gasteiger partial charge in [0.25, 0.3) is 0 Å². The summed E-state index contributed by atoms with van der Waals surface area (Å²) in [6.45, 7) is 9.72. The van der Waals surface area contributed by atoms with Gasteiger partial charge in [-0.15, -0.1) is 0 Å². The van der Waals surface area contributed by atoms with E-state index in [9.17, 15) is 9.59 Å². The minimum atomic E-state index is -0.538. The second-order valence-electron chi connectivity index (χ2n) is 15.2. The van der Waals surface area contributed by atoms with Crippen LogP contribution in [0, 0.1) is 0 Å². The molecule has 308 valence electrons. The highest BCUT2D eigenvalue weighted by molar-refractivity contribution is 5.98. The largest absolute Gasteiger partial charge is 0.494 e. The SMILES string of the molecule is C=Cc1cc(C(=O)Oc2ccc(OCCCCCCCCCCCCCC)cc2)ccc1C(=O)Oc1ccc(OCCCCCCCCCCCCCC)cc1. The molecule has 0 N–H and O–H groups in total. The van der Waals surface area contributed by atoms with Gasteiger partial charge in [-0.25, -0.2) is 9.59 Å². The molecule has 0 saturated heterocycles. The van der Waals surface area contributed by atoms with Gasteiger partial charge in [0.05, 0.1) is 24.3 Å². The van der Waals surface area contributed by atoms with Crippen molar-refractivity contribution in [1.29, 1.82) is 0 Å². The first-order valence-electron chi connectivity index (χ1n) is 22.2. The molecular weight excluding hydrogens is 697 g/mol. The van der Waals surface area contributed by atoms with Gasteiger partial charge in [-0.2, -0.15) is 0 Å². The maximum atomic E-state index is 13.1. The van der Waals surface area contributed by atoms with Gasteiger partial charge in [0.1, 0.15) is 23.0 Å². The van der Waals surface area contributed by atoms with Crippen molar-refractivity contribution in [2.24, 2.45) is 0 Å². The Hall–Kier alpha value is -4.06. The molecule has 3 rings (SSSR count). The molecule has 6 nitrogen and oxygen atoms in total. The fraction of sp³-hybridized carbons (Fsp3) is 0.560. The van der Waals surface area contributed by atoms with Crippen LogP contribution in [0.25, 0.3) is 6.08 Å². The molecule has 0 saturated carbocycles. The maximum Gasteiger partial charge on any atom is 0.344 e. The Morgan fingerprint density at radius 3 is 1.16 bits per heavy atom. The van der Waals surface area contributed by atoms with Crippen molar-refractivity contribution in [3.8, 4) is 23.0 Å². The van der Waals surface area contributed by atoms with Crippen LogP contribution in [-0.2, 0) is 0 Å². The molecule has 0 aliphatic rings. The average molecular weight is 769 g/mol. The second kappa shape index (κ2) is 30.1. The zero-order valence-electron chi connectivity index (χ0n) is 35.0. The molecule has 0 aliphatic carbocycles. The molecule has 6 heteroatoms. The van der Waals surface area contributed by atoms with Crippen LogP contribution in [-0.4, -0.2) is 25.2 Å². The van der Waals surface area contributed by atoms with E-state index in [1.807, 2.05) is 24.3 Å². The van der Waals surface area contributed by atoms with Crippen LogP contribution in [0.5, 0.6) is 23.0 Å². The van der Waals surface area contributed by atoms with Crippen molar-refractivity contribution in [1.82, 2.24) is 0 Å². The Labute approximate surface area is 339 Å². The first kappa shape index (κ1) is 46.3. The standard InChI is InChI=1S/C50H72O6/c1-4-7-9-11-13-15-17-19-21-23-25-27-39-53-44-30-34-46(35-31-44)55-49(51)43-29-38-48(42(6-3)41-43)50(52)56-47-36-32-45(33-37-47)54-40-28-26-24-22-20-18-16-14-12-10-8-5-2/h6,29-38,41H,3-5,7-28,39-40H2,1-2H3. The number of benzene rings is 3. The minimum Gasteiger partial charge on any atom is -0.494 e. The molecule has 3 aromatic rings. The Kier molecular flexibility index (Phi) is 24.9. The van der Waals surface area contributed by atoms with Crippen LogP contribution in [0.1, 0.15) is 194 Å². The highest BCUT2D eigenvalue weighted by atomic mass is 16.5. The number of esters is 2. The third-order valence-corrected chi connectivity index (χ3v) is 10.3. The molecule has 3 aromatic carbocycles. The Morgan fingerprint density at radius 1 is 0.446 bits per heavy atom. The average Bonchev–Trinajstić information content (AvgIpc) is 3.22. The lowest BCUT2D eigenvalue weighted by atomic mass is 10.0. The molecule has 0 amide bonds. The van der Waals surface area contributed by atoms with Crippen molar-refractivity contribution in [3.05, 3.63) is 90.0 Å². The second-order valence-corrected chi connectivity index (χ2v) is 15.2. The third kappa shape index (κ3) is 20.2. The summed E-state index contributed by atoms with van der Waals surface area (Å²) in [4.78, 5) is 26.0. The Bertz CT molecular complexity index is 1480. The number of hydrogen-bond acceptors (Lipinski definition) is 6. The molecule has 0 aliphatic heterocycles. The van der Waals surface area contributed by atoms with Crippen molar-refractivity contribution >= 4 is 18.0 Å². The Balaban J connectivity index is 1.30. The van der Waals surface area contributed by atoms with E-state index in [0.29, 0.717) is 41.4 Å². The summed E-state index contributed by atoms with van der Waals surface area (Å²) >= 11 is 0. The molecule has 0 aromatic heterocycles. The molecule has 0 unspecified atom stereocenters. The third-order valence-electron chi connectivity index (χ3n) is 10.3. The van der Waals surface area contributed by atoms with Gasteiger partial charge in [0.15, 0.2) is 0 Å². The van der Waals surface area contributed by atoms with Gasteiger partial charge < -0.3 is 18.9 Å². The molecule has 0 bridgehead atoms. The van der Waals surface area contributed by atoms with E-state index in [1.165, 1.54) is 147 Å². The predicted molar refractivity (Wildman–Crippen MR) is 232 cm³/mol. The van der Waals surface area contributed by atoms with Crippen LogP contribution in [0.2, 0.25) is 0 Å². The number of unbranched alkanes of at least 4 members (excludes halogenated alkanes) is 22. The van der Waals surface area contributed by atoms with Gasteiger partial charge >= 0.3 is 11.9 Å². The first-order valence-corrected chi connectivity index (χ1v) is 22.2. The number of ether oxygens (including phenoxy) is 4. The quantitative estimate of drug-likeness (QED) is 0.0349. The fourth-order valence-corrected chi connectivity index (χ4v) is 6.85. The molecular formula is C50H72O6. The molecule has 0 heterocycles. The fourth-order valence-electron chi connectivity index (χ4n) is 6.85.